The number of amides is 1. The van der Waals surface area contributed by atoms with Crippen molar-refractivity contribution in [2.75, 3.05) is 11.2 Å². The van der Waals surface area contributed by atoms with Crippen LogP contribution in [0, 0.1) is 0 Å². The van der Waals surface area contributed by atoms with Gasteiger partial charge in [-0.15, -0.1) is 10.2 Å². The van der Waals surface area contributed by atoms with Gasteiger partial charge in [0, 0.05) is 11.1 Å². The monoisotopic (exact) mass is 393 g/mol. The normalized spacial score (nSPS) is 10.9. The van der Waals surface area contributed by atoms with Crippen molar-refractivity contribution in [2.24, 2.45) is 0 Å². The zero-order valence-corrected chi connectivity index (χ0v) is 15.4. The van der Waals surface area contributed by atoms with Crippen molar-refractivity contribution in [1.29, 1.82) is 0 Å². The molecule has 1 aromatic heterocycles. The quantitative estimate of drug-likeness (QED) is 0.571. The molecule has 0 fully saturated rings. The maximum Gasteiger partial charge on any atom is 0.248 e. The second-order valence-electron chi connectivity index (χ2n) is 4.82. The average molecular weight is 395 g/mol. The highest BCUT2D eigenvalue weighted by atomic mass is 35.5. The molecule has 0 saturated heterocycles. The number of hydrazine groups is 1. The van der Waals surface area contributed by atoms with Gasteiger partial charge in [-0.2, -0.15) is 0 Å². The molecular formula is C13H14Cl3N5OS. The van der Waals surface area contributed by atoms with Crippen molar-refractivity contribution in [3.63, 3.8) is 0 Å². The van der Waals surface area contributed by atoms with E-state index < -0.39 is 0 Å². The molecule has 0 aliphatic heterocycles. The number of nitrogens with zero attached hydrogens (tertiary/aromatic N) is 3. The fraction of sp³-hybridized carbons (Fsp3) is 0.308. The zero-order valence-electron chi connectivity index (χ0n) is 12.3. The number of benzene rings is 1. The van der Waals surface area contributed by atoms with E-state index in [4.69, 9.17) is 34.8 Å². The molecule has 0 radical (unpaired) electrons. The minimum absolute atomic E-state index is 0.168. The van der Waals surface area contributed by atoms with Crippen LogP contribution in [0.4, 0.5) is 5.69 Å². The Bertz CT molecular complexity index is 684. The van der Waals surface area contributed by atoms with Gasteiger partial charge in [0.25, 0.3) is 0 Å². The third kappa shape index (κ3) is 4.91. The van der Waals surface area contributed by atoms with Crippen LogP contribution in [0.25, 0.3) is 0 Å². The van der Waals surface area contributed by atoms with Crippen molar-refractivity contribution in [3.8, 4) is 0 Å². The van der Waals surface area contributed by atoms with Crippen LogP contribution >= 0.6 is 46.6 Å². The molecule has 0 bridgehead atoms. The molecule has 10 heteroatoms. The zero-order chi connectivity index (χ0) is 17.0. The van der Waals surface area contributed by atoms with E-state index in [1.807, 2.05) is 18.4 Å². The van der Waals surface area contributed by atoms with E-state index in [-0.39, 0.29) is 17.7 Å². The van der Waals surface area contributed by atoms with Crippen LogP contribution in [0.1, 0.15) is 19.9 Å². The predicted molar refractivity (Wildman–Crippen MR) is 94.4 cm³/mol. The summed E-state index contributed by atoms with van der Waals surface area (Å²) in [5, 5.41) is 9.55. The van der Waals surface area contributed by atoms with E-state index in [1.54, 1.807) is 6.33 Å². The minimum Gasteiger partial charge on any atom is -0.306 e. The number of halogens is 3. The first-order valence-electron chi connectivity index (χ1n) is 6.60. The lowest BCUT2D eigenvalue weighted by Crippen LogP contribution is -2.31. The smallest absolute Gasteiger partial charge is 0.248 e. The molecule has 1 amide bonds. The molecule has 2 rings (SSSR count). The Morgan fingerprint density at radius 3 is 2.57 bits per heavy atom. The summed E-state index contributed by atoms with van der Waals surface area (Å²) >= 11 is 19.2. The summed E-state index contributed by atoms with van der Waals surface area (Å²) in [6, 6.07) is 3.28. The summed E-state index contributed by atoms with van der Waals surface area (Å²) in [6.07, 6.45) is 1.64. The molecule has 0 saturated carbocycles. The molecule has 0 unspecified atom stereocenters. The van der Waals surface area contributed by atoms with Gasteiger partial charge in [-0.1, -0.05) is 46.6 Å². The highest BCUT2D eigenvalue weighted by Crippen LogP contribution is 2.33. The maximum atomic E-state index is 11.9. The minimum atomic E-state index is -0.254. The van der Waals surface area contributed by atoms with E-state index in [1.165, 1.54) is 23.9 Å². The first-order valence-corrected chi connectivity index (χ1v) is 8.72. The van der Waals surface area contributed by atoms with Gasteiger partial charge in [0.05, 0.1) is 21.5 Å². The second kappa shape index (κ2) is 8.10. The number of rotatable bonds is 6. The van der Waals surface area contributed by atoms with Crippen molar-refractivity contribution in [3.05, 3.63) is 33.5 Å². The van der Waals surface area contributed by atoms with Gasteiger partial charge >= 0.3 is 0 Å². The Balaban J connectivity index is 1.90. The van der Waals surface area contributed by atoms with Gasteiger partial charge in [0.2, 0.25) is 5.91 Å². The number of anilines is 1. The fourth-order valence-corrected chi connectivity index (χ4v) is 3.41. The molecule has 23 heavy (non-hydrogen) atoms. The van der Waals surface area contributed by atoms with E-state index in [0.717, 1.165) is 0 Å². The van der Waals surface area contributed by atoms with E-state index in [2.05, 4.69) is 21.0 Å². The number of hydrogen-bond acceptors (Lipinski definition) is 5. The molecule has 2 aromatic rings. The molecule has 0 aliphatic carbocycles. The largest absolute Gasteiger partial charge is 0.306 e. The van der Waals surface area contributed by atoms with Crippen molar-refractivity contribution in [2.45, 2.75) is 25.0 Å². The number of hydrogen-bond donors (Lipinski definition) is 2. The molecule has 1 aromatic carbocycles. The summed E-state index contributed by atoms with van der Waals surface area (Å²) in [4.78, 5) is 11.9. The SMILES string of the molecule is CC(C)n1cnnc1SCC(=O)NNc1c(Cl)cc(Cl)cc1Cl. The molecule has 2 N–H and O–H groups in total. The van der Waals surface area contributed by atoms with Crippen LogP contribution in [0.3, 0.4) is 0 Å². The summed E-state index contributed by atoms with van der Waals surface area (Å²) in [5.74, 6) is -0.0864. The van der Waals surface area contributed by atoms with Crippen LogP contribution in [-0.2, 0) is 4.79 Å². The lowest BCUT2D eigenvalue weighted by atomic mass is 10.3. The summed E-state index contributed by atoms with van der Waals surface area (Å²) in [7, 11) is 0. The highest BCUT2D eigenvalue weighted by Gasteiger charge is 2.12. The second-order valence-corrected chi connectivity index (χ2v) is 7.01. The summed E-state index contributed by atoms with van der Waals surface area (Å²) in [5.41, 5.74) is 5.62. The Morgan fingerprint density at radius 1 is 1.30 bits per heavy atom. The molecule has 0 atom stereocenters. The van der Waals surface area contributed by atoms with Crippen molar-refractivity contribution < 1.29 is 4.79 Å². The van der Waals surface area contributed by atoms with Crippen LogP contribution < -0.4 is 10.9 Å². The molecule has 1 heterocycles. The molecular weight excluding hydrogens is 381 g/mol. The lowest BCUT2D eigenvalue weighted by Gasteiger charge is -2.12. The standard InChI is InChI=1S/C13H14Cl3N5OS/c1-7(2)21-6-17-20-13(21)23-5-11(22)18-19-12-9(15)3-8(14)4-10(12)16/h3-4,6-7,19H,5H2,1-2H3,(H,18,22). The molecule has 124 valence electrons. The van der Waals surface area contributed by atoms with Crippen LogP contribution in [0.15, 0.2) is 23.6 Å². The Kier molecular flexibility index (Phi) is 6.41. The average Bonchev–Trinajstić information content (AvgIpc) is 2.92. The number of thioether (sulfide) groups is 1. The van der Waals surface area contributed by atoms with Crippen LogP contribution in [0.2, 0.25) is 15.1 Å². The topological polar surface area (TPSA) is 71.8 Å². The Labute approximate surface area is 152 Å². The number of nitrogens with one attached hydrogen (secondary N) is 2. The van der Waals surface area contributed by atoms with Crippen LogP contribution in [0.5, 0.6) is 0 Å². The third-order valence-corrected chi connectivity index (χ3v) is 4.53. The van der Waals surface area contributed by atoms with Crippen molar-refractivity contribution >= 4 is 58.2 Å². The van der Waals surface area contributed by atoms with Crippen molar-refractivity contribution in [1.82, 2.24) is 20.2 Å². The molecule has 6 nitrogen and oxygen atoms in total. The van der Waals surface area contributed by atoms with Gasteiger partial charge in [0.15, 0.2) is 5.16 Å². The highest BCUT2D eigenvalue weighted by molar-refractivity contribution is 7.99. The molecule has 0 aliphatic rings. The van der Waals surface area contributed by atoms with Gasteiger partial charge in [-0.3, -0.25) is 15.6 Å². The first-order chi connectivity index (χ1) is 10.9. The lowest BCUT2D eigenvalue weighted by molar-refractivity contribution is -0.118. The number of carbonyl (C=O) groups excluding carboxylic acids is 1. The first kappa shape index (κ1) is 18.2. The maximum absolute atomic E-state index is 11.9. The summed E-state index contributed by atoms with van der Waals surface area (Å²) < 4.78 is 1.89. The number of aromatic nitrogens is 3. The van der Waals surface area contributed by atoms with Gasteiger partial charge < -0.3 is 4.57 Å². The third-order valence-electron chi connectivity index (χ3n) is 2.76. The van der Waals surface area contributed by atoms with E-state index in [0.29, 0.717) is 25.9 Å². The summed E-state index contributed by atoms with van der Waals surface area (Å²) in [6.45, 7) is 4.03. The fourth-order valence-electron chi connectivity index (χ4n) is 1.65. The van der Waals surface area contributed by atoms with Gasteiger partial charge in [-0.25, -0.2) is 0 Å². The molecule has 0 spiro atoms. The Hall–Kier alpha value is -1.15. The van der Waals surface area contributed by atoms with Gasteiger partial charge in [0.1, 0.15) is 6.33 Å². The Morgan fingerprint density at radius 2 is 1.96 bits per heavy atom. The van der Waals surface area contributed by atoms with E-state index >= 15 is 0 Å². The van der Waals surface area contributed by atoms with Gasteiger partial charge in [-0.05, 0) is 26.0 Å². The number of carbonyl (C=O) groups is 1. The predicted octanol–water partition coefficient (Wildman–Crippen LogP) is 4.05. The van der Waals surface area contributed by atoms with Crippen LogP contribution in [-0.4, -0.2) is 26.4 Å². The van der Waals surface area contributed by atoms with E-state index in [9.17, 15) is 4.79 Å².